The van der Waals surface area contributed by atoms with Crippen molar-refractivity contribution in [3.63, 3.8) is 0 Å². The Labute approximate surface area is 103 Å². The van der Waals surface area contributed by atoms with E-state index in [1.165, 1.54) is 6.92 Å². The number of hydrogen-bond acceptors (Lipinski definition) is 8. The average molecular weight is 310 g/mol. The molecule has 0 fully saturated rings. The molecule has 0 saturated heterocycles. The fourth-order valence-corrected chi connectivity index (χ4v) is 2.04. The number of rotatable bonds is 10. The SMILES string of the molecule is CC(COP(=O)(O)OCO)COP(=O)(O)OCO. The van der Waals surface area contributed by atoms with Crippen LogP contribution < -0.4 is 0 Å². The zero-order valence-corrected chi connectivity index (χ0v) is 11.3. The van der Waals surface area contributed by atoms with E-state index in [1.54, 1.807) is 0 Å². The number of hydrogen-bond donors (Lipinski definition) is 4. The monoisotopic (exact) mass is 310 g/mol. The first-order chi connectivity index (χ1) is 8.22. The van der Waals surface area contributed by atoms with Crippen molar-refractivity contribution >= 4 is 15.6 Å². The molecule has 2 atom stereocenters. The molecule has 18 heavy (non-hydrogen) atoms. The van der Waals surface area contributed by atoms with Crippen LogP contribution in [0, 0.1) is 5.92 Å². The van der Waals surface area contributed by atoms with Crippen LogP contribution in [0.5, 0.6) is 0 Å². The molecule has 0 spiro atoms. The van der Waals surface area contributed by atoms with E-state index in [4.69, 9.17) is 20.0 Å². The summed E-state index contributed by atoms with van der Waals surface area (Å²) in [5.74, 6) is -0.532. The van der Waals surface area contributed by atoms with E-state index >= 15 is 0 Å². The third-order valence-corrected chi connectivity index (χ3v) is 3.32. The summed E-state index contributed by atoms with van der Waals surface area (Å²) in [6.07, 6.45) is 0. The maximum absolute atomic E-state index is 11.0. The highest BCUT2D eigenvalue weighted by Gasteiger charge is 2.24. The minimum Gasteiger partial charge on any atom is -0.370 e. The van der Waals surface area contributed by atoms with E-state index in [0.29, 0.717) is 0 Å². The third-order valence-electron chi connectivity index (χ3n) is 1.49. The van der Waals surface area contributed by atoms with E-state index in [-0.39, 0.29) is 13.2 Å². The molecular weight excluding hydrogens is 294 g/mol. The first kappa shape index (κ1) is 18.1. The molecule has 0 radical (unpaired) electrons. The van der Waals surface area contributed by atoms with Gasteiger partial charge in [0, 0.05) is 5.92 Å². The van der Waals surface area contributed by atoms with Gasteiger partial charge in [0.1, 0.15) is 0 Å². The van der Waals surface area contributed by atoms with Crippen LogP contribution in [0.2, 0.25) is 0 Å². The van der Waals surface area contributed by atoms with Crippen LogP contribution in [0.1, 0.15) is 6.92 Å². The lowest BCUT2D eigenvalue weighted by molar-refractivity contribution is 0.0356. The predicted octanol–water partition coefficient (Wildman–Crippen LogP) is -0.211. The second-order valence-corrected chi connectivity index (χ2v) is 6.06. The summed E-state index contributed by atoms with van der Waals surface area (Å²) in [6.45, 7) is -1.08. The molecule has 0 saturated carbocycles. The molecule has 0 aliphatic carbocycles. The molecule has 0 aliphatic heterocycles. The van der Waals surface area contributed by atoms with Gasteiger partial charge in [-0.3, -0.25) is 18.1 Å². The van der Waals surface area contributed by atoms with Gasteiger partial charge < -0.3 is 20.0 Å². The molecule has 12 heteroatoms. The van der Waals surface area contributed by atoms with Crippen LogP contribution in [-0.2, 0) is 27.2 Å². The molecule has 2 unspecified atom stereocenters. The number of phosphoric acid groups is 2. The summed E-state index contributed by atoms with van der Waals surface area (Å²) in [5.41, 5.74) is 0. The van der Waals surface area contributed by atoms with Gasteiger partial charge in [0.05, 0.1) is 13.2 Å². The van der Waals surface area contributed by atoms with Gasteiger partial charge in [0.2, 0.25) is 0 Å². The number of aliphatic hydroxyl groups is 2. The summed E-state index contributed by atoms with van der Waals surface area (Å²) in [5, 5.41) is 16.5. The van der Waals surface area contributed by atoms with Crippen molar-refractivity contribution in [2.45, 2.75) is 6.92 Å². The van der Waals surface area contributed by atoms with Crippen LogP contribution >= 0.6 is 15.6 Å². The molecule has 0 amide bonds. The van der Waals surface area contributed by atoms with Crippen molar-refractivity contribution < 1.29 is 47.2 Å². The van der Waals surface area contributed by atoms with Crippen molar-refractivity contribution in [1.29, 1.82) is 0 Å². The van der Waals surface area contributed by atoms with Gasteiger partial charge in [-0.15, -0.1) is 0 Å². The highest BCUT2D eigenvalue weighted by Crippen LogP contribution is 2.45. The normalized spacial score (nSPS) is 20.1. The number of phosphoric ester groups is 2. The maximum Gasteiger partial charge on any atom is 0.474 e. The molecule has 0 aromatic rings. The quantitative estimate of drug-likeness (QED) is 0.315. The summed E-state index contributed by atoms with van der Waals surface area (Å²) >= 11 is 0. The Morgan fingerprint density at radius 1 is 0.889 bits per heavy atom. The number of aliphatic hydroxyl groups excluding tert-OH is 2. The predicted molar refractivity (Wildman–Crippen MR) is 57.1 cm³/mol. The maximum atomic E-state index is 11.0. The topological polar surface area (TPSA) is 152 Å². The fraction of sp³-hybridized carbons (Fsp3) is 1.00. The zero-order chi connectivity index (χ0) is 14.2. The molecule has 10 nitrogen and oxygen atoms in total. The van der Waals surface area contributed by atoms with E-state index in [0.717, 1.165) is 0 Å². The Morgan fingerprint density at radius 2 is 1.22 bits per heavy atom. The first-order valence-electron chi connectivity index (χ1n) is 4.68. The standard InChI is InChI=1S/C6H16O10P2/c1-6(2-13-17(9,10)15-4-7)3-14-18(11,12)16-5-8/h6-8H,2-5H2,1H3,(H,9,10)(H,11,12). The van der Waals surface area contributed by atoms with Gasteiger partial charge in [0.25, 0.3) is 0 Å². The van der Waals surface area contributed by atoms with Crippen molar-refractivity contribution in [2.75, 3.05) is 26.8 Å². The summed E-state index contributed by atoms with van der Waals surface area (Å²) < 4.78 is 38.8. The van der Waals surface area contributed by atoms with Crippen LogP contribution in [0.25, 0.3) is 0 Å². The lowest BCUT2D eigenvalue weighted by Crippen LogP contribution is -2.12. The molecule has 0 aromatic carbocycles. The van der Waals surface area contributed by atoms with Crippen molar-refractivity contribution in [3.05, 3.63) is 0 Å². The van der Waals surface area contributed by atoms with E-state index < -0.39 is 35.1 Å². The molecule has 0 bridgehead atoms. The largest absolute Gasteiger partial charge is 0.474 e. The highest BCUT2D eigenvalue weighted by atomic mass is 31.2. The van der Waals surface area contributed by atoms with Gasteiger partial charge in [-0.2, -0.15) is 0 Å². The van der Waals surface area contributed by atoms with E-state index in [9.17, 15) is 9.13 Å². The van der Waals surface area contributed by atoms with Gasteiger partial charge >= 0.3 is 15.6 Å². The molecule has 110 valence electrons. The summed E-state index contributed by atoms with van der Waals surface area (Å²) in [7, 11) is -8.66. The Balaban J connectivity index is 3.95. The Morgan fingerprint density at radius 3 is 1.50 bits per heavy atom. The minimum absolute atomic E-state index is 0.313. The summed E-state index contributed by atoms with van der Waals surface area (Å²) in [4.78, 5) is 17.8. The third kappa shape index (κ3) is 9.12. The molecule has 0 aliphatic rings. The van der Waals surface area contributed by atoms with Gasteiger partial charge in [-0.1, -0.05) is 6.92 Å². The van der Waals surface area contributed by atoms with Crippen LogP contribution in [0.3, 0.4) is 0 Å². The zero-order valence-electron chi connectivity index (χ0n) is 9.54. The molecular formula is C6H16O10P2. The van der Waals surface area contributed by atoms with Gasteiger partial charge in [0.15, 0.2) is 13.6 Å². The molecule has 0 aromatic heterocycles. The van der Waals surface area contributed by atoms with E-state index in [1.807, 2.05) is 0 Å². The first-order valence-corrected chi connectivity index (χ1v) is 7.67. The lowest BCUT2D eigenvalue weighted by atomic mass is 10.2. The fourth-order valence-electron chi connectivity index (χ4n) is 0.711. The van der Waals surface area contributed by atoms with Crippen LogP contribution in [-0.4, -0.2) is 46.8 Å². The minimum atomic E-state index is -4.33. The lowest BCUT2D eigenvalue weighted by Gasteiger charge is -2.16. The van der Waals surface area contributed by atoms with E-state index in [2.05, 4.69) is 18.1 Å². The van der Waals surface area contributed by atoms with Crippen LogP contribution in [0.4, 0.5) is 0 Å². The second kappa shape index (κ2) is 8.34. The Bertz CT molecular complexity index is 289. The Hall–Kier alpha value is 0.140. The molecule has 4 N–H and O–H groups in total. The smallest absolute Gasteiger partial charge is 0.370 e. The van der Waals surface area contributed by atoms with Crippen molar-refractivity contribution in [3.8, 4) is 0 Å². The molecule has 0 heterocycles. The Kier molecular flexibility index (Phi) is 8.40. The van der Waals surface area contributed by atoms with Gasteiger partial charge in [-0.25, -0.2) is 9.13 Å². The highest BCUT2D eigenvalue weighted by molar-refractivity contribution is 7.47. The second-order valence-electron chi connectivity index (χ2n) is 3.15. The average Bonchev–Trinajstić information content (AvgIpc) is 2.24. The van der Waals surface area contributed by atoms with Crippen molar-refractivity contribution in [1.82, 2.24) is 0 Å². The van der Waals surface area contributed by atoms with Gasteiger partial charge in [-0.05, 0) is 0 Å². The van der Waals surface area contributed by atoms with Crippen LogP contribution in [0.15, 0.2) is 0 Å². The van der Waals surface area contributed by atoms with Crippen molar-refractivity contribution in [2.24, 2.45) is 5.92 Å². The summed E-state index contributed by atoms with van der Waals surface area (Å²) in [6, 6.07) is 0. The molecule has 0 rings (SSSR count).